The van der Waals surface area contributed by atoms with Gasteiger partial charge in [-0.05, 0) is 55.4 Å². The minimum atomic E-state index is -2.57. The quantitative estimate of drug-likeness (QED) is 0.885. The van der Waals surface area contributed by atoms with E-state index >= 15 is 0 Å². The third kappa shape index (κ3) is 3.72. The lowest BCUT2D eigenvalue weighted by Crippen LogP contribution is -2.32. The summed E-state index contributed by atoms with van der Waals surface area (Å²) < 4.78 is 39.1. The van der Waals surface area contributed by atoms with Gasteiger partial charge in [-0.2, -0.15) is 0 Å². The topological polar surface area (TPSA) is 20.2 Å². The molecule has 106 valence electrons. The number of aliphatic hydroxyl groups is 1. The molecule has 1 aromatic carbocycles. The number of aliphatic hydroxyl groups excluding tert-OH is 1. The van der Waals surface area contributed by atoms with Crippen LogP contribution in [0.15, 0.2) is 18.2 Å². The molecule has 0 aliphatic heterocycles. The fourth-order valence-electron chi connectivity index (χ4n) is 2.73. The van der Waals surface area contributed by atoms with Gasteiger partial charge in [0, 0.05) is 12.8 Å². The highest BCUT2D eigenvalue weighted by Crippen LogP contribution is 2.38. The van der Waals surface area contributed by atoms with Gasteiger partial charge in [-0.1, -0.05) is 6.07 Å². The van der Waals surface area contributed by atoms with E-state index in [1.807, 2.05) is 0 Å². The van der Waals surface area contributed by atoms with Gasteiger partial charge in [0.15, 0.2) is 0 Å². The molecule has 1 fully saturated rings. The summed E-state index contributed by atoms with van der Waals surface area (Å²) in [6, 6.07) is 4.45. The van der Waals surface area contributed by atoms with Gasteiger partial charge in [0.05, 0.1) is 6.10 Å². The largest absolute Gasteiger partial charge is 0.392 e. The SMILES string of the molecule is Cc1cc(F)ccc1CC(O)C1CCC(F)(F)CC1. The van der Waals surface area contributed by atoms with Gasteiger partial charge in [0.2, 0.25) is 5.92 Å². The third-order valence-electron chi connectivity index (χ3n) is 4.04. The molecule has 1 aliphatic carbocycles. The van der Waals surface area contributed by atoms with Gasteiger partial charge in [-0.25, -0.2) is 13.2 Å². The van der Waals surface area contributed by atoms with Crippen molar-refractivity contribution in [2.45, 2.75) is 51.1 Å². The Labute approximate surface area is 111 Å². The summed E-state index contributed by atoms with van der Waals surface area (Å²) >= 11 is 0. The molecule has 2 rings (SSSR count). The smallest absolute Gasteiger partial charge is 0.248 e. The maximum absolute atomic E-state index is 13.1. The first-order valence-corrected chi connectivity index (χ1v) is 6.68. The second-order valence-electron chi connectivity index (χ2n) is 5.54. The molecule has 0 saturated heterocycles. The predicted octanol–water partition coefficient (Wildman–Crippen LogP) is 3.86. The lowest BCUT2D eigenvalue weighted by Gasteiger charge is -2.31. The maximum atomic E-state index is 13.1. The van der Waals surface area contributed by atoms with E-state index in [1.54, 1.807) is 13.0 Å². The fraction of sp³-hybridized carbons (Fsp3) is 0.600. The van der Waals surface area contributed by atoms with Crippen molar-refractivity contribution in [2.24, 2.45) is 5.92 Å². The summed E-state index contributed by atoms with van der Waals surface area (Å²) in [4.78, 5) is 0. The van der Waals surface area contributed by atoms with E-state index < -0.39 is 12.0 Å². The molecule has 1 aromatic rings. The molecule has 1 aliphatic rings. The fourth-order valence-corrected chi connectivity index (χ4v) is 2.73. The van der Waals surface area contributed by atoms with Crippen LogP contribution >= 0.6 is 0 Å². The number of rotatable bonds is 3. The van der Waals surface area contributed by atoms with Crippen molar-refractivity contribution in [1.82, 2.24) is 0 Å². The zero-order chi connectivity index (χ0) is 14.0. The van der Waals surface area contributed by atoms with Gasteiger partial charge in [0.1, 0.15) is 5.82 Å². The molecule has 0 aromatic heterocycles. The normalized spacial score (nSPS) is 21.3. The molecule has 0 spiro atoms. The van der Waals surface area contributed by atoms with Crippen LogP contribution < -0.4 is 0 Å². The number of hydrogen-bond donors (Lipinski definition) is 1. The van der Waals surface area contributed by atoms with Gasteiger partial charge in [-0.3, -0.25) is 0 Å². The van der Waals surface area contributed by atoms with E-state index in [0.717, 1.165) is 11.1 Å². The first-order chi connectivity index (χ1) is 8.87. The molecule has 0 amide bonds. The third-order valence-corrected chi connectivity index (χ3v) is 4.04. The first-order valence-electron chi connectivity index (χ1n) is 6.68. The molecule has 4 heteroatoms. The number of halogens is 3. The zero-order valence-electron chi connectivity index (χ0n) is 11.0. The molecule has 19 heavy (non-hydrogen) atoms. The van der Waals surface area contributed by atoms with Crippen LogP contribution in [0.3, 0.4) is 0 Å². The summed E-state index contributed by atoms with van der Waals surface area (Å²) in [5.41, 5.74) is 1.67. The van der Waals surface area contributed by atoms with Gasteiger partial charge in [0.25, 0.3) is 0 Å². The van der Waals surface area contributed by atoms with Crippen LogP contribution in [0.5, 0.6) is 0 Å². The highest BCUT2D eigenvalue weighted by molar-refractivity contribution is 5.27. The Morgan fingerprint density at radius 2 is 1.95 bits per heavy atom. The second kappa shape index (κ2) is 5.53. The number of aryl methyl sites for hydroxylation is 1. The second-order valence-corrected chi connectivity index (χ2v) is 5.54. The molecule has 1 atom stereocenters. The van der Waals surface area contributed by atoms with E-state index in [1.165, 1.54) is 12.1 Å². The van der Waals surface area contributed by atoms with Crippen LogP contribution in [0.4, 0.5) is 13.2 Å². The Morgan fingerprint density at radius 1 is 1.32 bits per heavy atom. The molecule has 0 radical (unpaired) electrons. The average Bonchev–Trinajstić information content (AvgIpc) is 2.32. The zero-order valence-corrected chi connectivity index (χ0v) is 11.0. The van der Waals surface area contributed by atoms with Gasteiger partial charge in [-0.15, -0.1) is 0 Å². The molecule has 0 heterocycles. The van der Waals surface area contributed by atoms with Gasteiger partial charge >= 0.3 is 0 Å². The van der Waals surface area contributed by atoms with Crippen molar-refractivity contribution in [3.63, 3.8) is 0 Å². The standard InChI is InChI=1S/C15H19F3O/c1-10-8-13(16)3-2-12(10)9-14(19)11-4-6-15(17,18)7-5-11/h2-3,8,11,14,19H,4-7,9H2,1H3. The van der Waals surface area contributed by atoms with Crippen LogP contribution in [0.2, 0.25) is 0 Å². The highest BCUT2D eigenvalue weighted by Gasteiger charge is 2.37. The molecular formula is C15H19F3O. The number of benzene rings is 1. The minimum absolute atomic E-state index is 0.0796. The molecule has 1 saturated carbocycles. The summed E-state index contributed by atoms with van der Waals surface area (Å²) in [5.74, 6) is -2.95. The van der Waals surface area contributed by atoms with Crippen molar-refractivity contribution in [3.8, 4) is 0 Å². The molecule has 1 unspecified atom stereocenters. The van der Waals surface area contributed by atoms with E-state index in [9.17, 15) is 18.3 Å². The van der Waals surface area contributed by atoms with Crippen LogP contribution in [-0.2, 0) is 6.42 Å². The van der Waals surface area contributed by atoms with Crippen LogP contribution in [-0.4, -0.2) is 17.1 Å². The first kappa shape index (κ1) is 14.4. The van der Waals surface area contributed by atoms with E-state index in [4.69, 9.17) is 0 Å². The Morgan fingerprint density at radius 3 is 2.53 bits per heavy atom. The Balaban J connectivity index is 1.96. The van der Waals surface area contributed by atoms with Crippen LogP contribution in [0.25, 0.3) is 0 Å². The lowest BCUT2D eigenvalue weighted by molar-refractivity contribution is -0.0619. The molecule has 1 nitrogen and oxygen atoms in total. The van der Waals surface area contributed by atoms with Crippen molar-refractivity contribution in [2.75, 3.05) is 0 Å². The Bertz CT molecular complexity index is 435. The van der Waals surface area contributed by atoms with Crippen LogP contribution in [0.1, 0.15) is 36.8 Å². The lowest BCUT2D eigenvalue weighted by atomic mass is 9.81. The number of hydrogen-bond acceptors (Lipinski definition) is 1. The average molecular weight is 272 g/mol. The Kier molecular flexibility index (Phi) is 4.19. The monoisotopic (exact) mass is 272 g/mol. The van der Waals surface area contributed by atoms with Gasteiger partial charge < -0.3 is 5.11 Å². The molecule has 0 bridgehead atoms. The molecule has 1 N–H and O–H groups in total. The summed E-state index contributed by atoms with van der Waals surface area (Å²) in [6.45, 7) is 1.79. The minimum Gasteiger partial charge on any atom is -0.392 e. The van der Waals surface area contributed by atoms with Crippen molar-refractivity contribution < 1.29 is 18.3 Å². The summed E-state index contributed by atoms with van der Waals surface area (Å²) in [5, 5.41) is 10.2. The van der Waals surface area contributed by atoms with E-state index in [2.05, 4.69) is 0 Å². The van der Waals surface area contributed by atoms with E-state index in [-0.39, 0.29) is 24.6 Å². The molecular weight excluding hydrogens is 253 g/mol. The van der Waals surface area contributed by atoms with E-state index in [0.29, 0.717) is 19.3 Å². The summed E-state index contributed by atoms with van der Waals surface area (Å²) in [6.07, 6.45) is 0.208. The predicted molar refractivity (Wildman–Crippen MR) is 67.8 cm³/mol. The Hall–Kier alpha value is -1.03. The highest BCUT2D eigenvalue weighted by atomic mass is 19.3. The van der Waals surface area contributed by atoms with Crippen molar-refractivity contribution in [3.05, 3.63) is 35.1 Å². The van der Waals surface area contributed by atoms with Crippen LogP contribution in [0, 0.1) is 18.7 Å². The number of alkyl halides is 2. The summed E-state index contributed by atoms with van der Waals surface area (Å²) in [7, 11) is 0. The van der Waals surface area contributed by atoms with Crippen molar-refractivity contribution >= 4 is 0 Å². The maximum Gasteiger partial charge on any atom is 0.248 e. The van der Waals surface area contributed by atoms with Crippen molar-refractivity contribution in [1.29, 1.82) is 0 Å².